The summed E-state index contributed by atoms with van der Waals surface area (Å²) in [6.07, 6.45) is -3.88. The number of amides is 1. The van der Waals surface area contributed by atoms with Crippen LogP contribution in [0.2, 0.25) is 0 Å². The van der Waals surface area contributed by atoms with Gasteiger partial charge in [-0.05, 0) is 30.2 Å². The Kier molecular flexibility index (Phi) is 9.52. The molecule has 0 aliphatic carbocycles. The van der Waals surface area contributed by atoms with E-state index in [1.165, 1.54) is 32.4 Å². The Balaban J connectivity index is 0.00000441. The molecule has 2 aromatic carbocycles. The van der Waals surface area contributed by atoms with Gasteiger partial charge in [0.1, 0.15) is 11.3 Å². The first kappa shape index (κ1) is 31.0. The molecule has 0 spiro atoms. The van der Waals surface area contributed by atoms with Gasteiger partial charge in [-0.3, -0.25) is 4.79 Å². The summed E-state index contributed by atoms with van der Waals surface area (Å²) in [6, 6.07) is 5.06. The minimum Gasteiger partial charge on any atom is -0.493 e. The van der Waals surface area contributed by atoms with Gasteiger partial charge in [0.25, 0.3) is 0 Å². The number of nitrogens with two attached hydrogens (primary N) is 2. The first-order chi connectivity index (χ1) is 18.5. The Morgan fingerprint density at radius 3 is 2.40 bits per heavy atom. The van der Waals surface area contributed by atoms with Crippen LogP contribution in [-0.2, 0) is 11.0 Å². The second-order valence-corrected chi connectivity index (χ2v) is 9.26. The van der Waals surface area contributed by atoms with Gasteiger partial charge in [0, 0.05) is 43.5 Å². The normalized spacial score (nSPS) is 16.4. The summed E-state index contributed by atoms with van der Waals surface area (Å²) in [5.41, 5.74) is 12.0. The zero-order valence-electron chi connectivity index (χ0n) is 22.2. The van der Waals surface area contributed by atoms with Crippen LogP contribution in [0.25, 0.3) is 10.9 Å². The number of halogens is 5. The number of hydrogen-bond donors (Lipinski definition) is 2. The largest absolute Gasteiger partial charge is 0.493 e. The van der Waals surface area contributed by atoms with Crippen molar-refractivity contribution in [2.75, 3.05) is 44.5 Å². The molecule has 1 saturated heterocycles. The number of fused-ring (bicyclic) bond motifs is 1. The van der Waals surface area contributed by atoms with E-state index in [9.17, 15) is 18.0 Å². The quantitative estimate of drug-likeness (QED) is 0.393. The number of carbonyl (C=O) groups excluding carboxylic acids is 1. The second kappa shape index (κ2) is 12.3. The molecule has 2 unspecified atom stereocenters. The molecule has 2 heterocycles. The second-order valence-electron chi connectivity index (χ2n) is 9.26. The lowest BCUT2D eigenvalue weighted by atomic mass is 10.0. The predicted octanol–water partition coefficient (Wildman–Crippen LogP) is 4.33. The van der Waals surface area contributed by atoms with E-state index in [2.05, 4.69) is 9.97 Å². The molecule has 14 heteroatoms. The zero-order chi connectivity index (χ0) is 28.5. The number of anilines is 2. The summed E-state index contributed by atoms with van der Waals surface area (Å²) in [4.78, 5) is 25.4. The number of hydrogen-bond acceptors (Lipinski definition) is 8. The summed E-state index contributed by atoms with van der Waals surface area (Å²) in [7, 11) is 2.71. The van der Waals surface area contributed by atoms with Crippen LogP contribution in [0.5, 0.6) is 11.5 Å². The lowest BCUT2D eigenvalue weighted by Gasteiger charge is -2.41. The van der Waals surface area contributed by atoms with Gasteiger partial charge >= 0.3 is 6.18 Å². The minimum atomic E-state index is -4.45. The van der Waals surface area contributed by atoms with E-state index in [1.807, 2.05) is 11.8 Å². The number of nitrogen functional groups attached to an aromatic ring is 1. The van der Waals surface area contributed by atoms with Gasteiger partial charge in [0.2, 0.25) is 11.9 Å². The Labute approximate surface area is 234 Å². The van der Waals surface area contributed by atoms with E-state index in [0.717, 1.165) is 12.1 Å². The van der Waals surface area contributed by atoms with E-state index in [-0.39, 0.29) is 64.9 Å². The molecule has 9 nitrogen and oxygen atoms in total. The van der Waals surface area contributed by atoms with Gasteiger partial charge in [0.15, 0.2) is 17.3 Å². The Bertz CT molecular complexity index is 1360. The van der Waals surface area contributed by atoms with Crippen LogP contribution in [0.1, 0.15) is 36.9 Å². The van der Waals surface area contributed by atoms with Crippen molar-refractivity contribution in [2.24, 2.45) is 5.73 Å². The van der Waals surface area contributed by atoms with Gasteiger partial charge in [-0.25, -0.2) is 9.37 Å². The summed E-state index contributed by atoms with van der Waals surface area (Å²) >= 11 is 0. The summed E-state index contributed by atoms with van der Waals surface area (Å²) in [6.45, 7) is 2.97. The molecule has 218 valence electrons. The highest BCUT2D eigenvalue weighted by Gasteiger charge is 2.33. The lowest BCUT2D eigenvalue weighted by Crippen LogP contribution is -2.55. The maximum absolute atomic E-state index is 15.2. The summed E-state index contributed by atoms with van der Waals surface area (Å²) in [5, 5.41) is 0.285. The fourth-order valence-electron chi connectivity index (χ4n) is 4.72. The fraction of sp³-hybridized carbons (Fsp3) is 0.423. The minimum absolute atomic E-state index is 0. The average molecular weight is 587 g/mol. The predicted molar refractivity (Wildman–Crippen MR) is 145 cm³/mol. The highest BCUT2D eigenvalue weighted by molar-refractivity contribution is 5.92. The highest BCUT2D eigenvalue weighted by atomic mass is 35.5. The molecular weight excluding hydrogens is 556 g/mol. The smallest absolute Gasteiger partial charge is 0.416 e. The number of rotatable bonds is 7. The molecule has 1 fully saturated rings. The fourth-order valence-corrected chi connectivity index (χ4v) is 4.72. The Hall–Kier alpha value is -3.58. The number of benzene rings is 2. The molecule has 40 heavy (non-hydrogen) atoms. The molecule has 4 rings (SSSR count). The van der Waals surface area contributed by atoms with Crippen LogP contribution in [0, 0.1) is 5.82 Å². The molecule has 3 aromatic rings. The van der Waals surface area contributed by atoms with Crippen molar-refractivity contribution in [3.63, 3.8) is 0 Å². The van der Waals surface area contributed by atoms with Crippen molar-refractivity contribution in [3.05, 3.63) is 47.3 Å². The first-order valence-corrected chi connectivity index (χ1v) is 12.3. The highest BCUT2D eigenvalue weighted by Crippen LogP contribution is 2.38. The third-order valence-electron chi connectivity index (χ3n) is 6.92. The third-order valence-corrected chi connectivity index (χ3v) is 6.92. The van der Waals surface area contributed by atoms with Gasteiger partial charge < -0.3 is 30.7 Å². The van der Waals surface area contributed by atoms with Crippen LogP contribution >= 0.6 is 12.4 Å². The maximum Gasteiger partial charge on any atom is 0.416 e. The van der Waals surface area contributed by atoms with Crippen molar-refractivity contribution in [1.29, 1.82) is 0 Å². The topological polar surface area (TPSA) is 120 Å². The third kappa shape index (κ3) is 6.09. The van der Waals surface area contributed by atoms with Gasteiger partial charge in [0.05, 0.1) is 19.8 Å². The van der Waals surface area contributed by atoms with Crippen molar-refractivity contribution >= 4 is 41.0 Å². The van der Waals surface area contributed by atoms with Crippen molar-refractivity contribution in [1.82, 2.24) is 14.9 Å². The molecule has 1 aliphatic heterocycles. The molecule has 1 aromatic heterocycles. The van der Waals surface area contributed by atoms with Gasteiger partial charge in [-0.2, -0.15) is 18.2 Å². The molecule has 1 aliphatic rings. The van der Waals surface area contributed by atoms with Crippen LogP contribution < -0.4 is 25.8 Å². The SMILES string of the molecule is CCC1CN(C(=O)CC(N)c2ccc(C(F)(F)F)cc2)CCN1c1nc(N)c2cc(OC)c(OC)c(F)c2n1.Cl. The number of nitrogens with zero attached hydrogens (tertiary/aromatic N) is 4. The van der Waals surface area contributed by atoms with Crippen LogP contribution in [0.4, 0.5) is 29.3 Å². The number of alkyl halides is 3. The van der Waals surface area contributed by atoms with Crippen molar-refractivity contribution < 1.29 is 31.8 Å². The van der Waals surface area contributed by atoms with Crippen molar-refractivity contribution in [3.8, 4) is 11.5 Å². The molecule has 4 N–H and O–H groups in total. The lowest BCUT2D eigenvalue weighted by molar-refractivity contribution is -0.137. The number of aromatic nitrogens is 2. The average Bonchev–Trinajstić information content (AvgIpc) is 2.92. The van der Waals surface area contributed by atoms with Gasteiger partial charge in [-0.15, -0.1) is 12.4 Å². The molecule has 0 bridgehead atoms. The maximum atomic E-state index is 15.2. The molecule has 1 amide bonds. The molecule has 0 radical (unpaired) electrons. The van der Waals surface area contributed by atoms with E-state index in [0.29, 0.717) is 31.6 Å². The molecular formula is C26H31ClF4N6O3. The Morgan fingerprint density at radius 2 is 1.82 bits per heavy atom. The van der Waals surface area contributed by atoms with E-state index >= 15 is 4.39 Å². The van der Waals surface area contributed by atoms with Crippen LogP contribution in [0.3, 0.4) is 0 Å². The van der Waals surface area contributed by atoms with E-state index < -0.39 is 23.6 Å². The first-order valence-electron chi connectivity index (χ1n) is 12.3. The van der Waals surface area contributed by atoms with Crippen LogP contribution in [-0.4, -0.2) is 60.7 Å². The number of ether oxygens (including phenoxy) is 2. The van der Waals surface area contributed by atoms with Crippen molar-refractivity contribution in [2.45, 2.75) is 38.0 Å². The zero-order valence-corrected chi connectivity index (χ0v) is 23.0. The molecule has 2 atom stereocenters. The summed E-state index contributed by atoms with van der Waals surface area (Å²) < 4.78 is 64.1. The number of methoxy groups -OCH3 is 2. The number of carbonyl (C=O) groups is 1. The summed E-state index contributed by atoms with van der Waals surface area (Å²) in [5.74, 6) is -0.569. The Morgan fingerprint density at radius 1 is 1.15 bits per heavy atom. The van der Waals surface area contributed by atoms with E-state index in [4.69, 9.17) is 20.9 Å². The van der Waals surface area contributed by atoms with Crippen LogP contribution in [0.15, 0.2) is 30.3 Å². The van der Waals surface area contributed by atoms with E-state index in [1.54, 1.807) is 4.90 Å². The molecule has 0 saturated carbocycles. The van der Waals surface area contributed by atoms with Gasteiger partial charge in [-0.1, -0.05) is 19.1 Å². The monoisotopic (exact) mass is 586 g/mol. The number of piperazine rings is 1. The standard InChI is InChI=1S/C26H30F4N6O3.ClH/c1-4-16-13-35(20(37)12-18(31)14-5-7-15(8-6-14)26(28,29)30)9-10-36(16)25-33-22-17(24(32)34-25)11-19(38-2)23(39-3)21(22)27;/h5-8,11,16,18H,4,9-10,12-13,31H2,1-3H3,(H2,32,33,34);1H.